The Morgan fingerprint density at radius 1 is 1.19 bits per heavy atom. The van der Waals surface area contributed by atoms with Crippen LogP contribution in [0.25, 0.3) is 6.08 Å². The number of benzene rings is 2. The van der Waals surface area contributed by atoms with Crippen LogP contribution >= 0.6 is 0 Å². The van der Waals surface area contributed by atoms with Gasteiger partial charge in [-0.1, -0.05) is 18.2 Å². The number of amides is 2. The zero-order valence-electron chi connectivity index (χ0n) is 14.4. The number of carbonyl (C=O) groups is 2. The summed E-state index contributed by atoms with van der Waals surface area (Å²) in [5, 5.41) is 8.54. The minimum atomic E-state index is -0.586. The van der Waals surface area contributed by atoms with Crippen LogP contribution in [-0.2, 0) is 17.8 Å². The number of carbonyl (C=O) groups excluding carboxylic acids is 2. The first-order valence-corrected chi connectivity index (χ1v) is 8.28. The maximum Gasteiger partial charge on any atom is 0.267 e. The monoisotopic (exact) mass is 352 g/mol. The summed E-state index contributed by atoms with van der Waals surface area (Å²) in [5.74, 6) is 0.0375. The fraction of sp³-hybridized carbons (Fsp3) is 0.200. The number of methoxy groups -OCH3 is 1. The first-order chi connectivity index (χ1) is 12.6. The summed E-state index contributed by atoms with van der Waals surface area (Å²) < 4.78 is 5.19. The summed E-state index contributed by atoms with van der Waals surface area (Å²) in [6.45, 7) is 1.17. The van der Waals surface area contributed by atoms with Crippen LogP contribution in [0.2, 0.25) is 0 Å². The minimum Gasteiger partial charge on any atom is -0.497 e. The van der Waals surface area contributed by atoms with Crippen LogP contribution < -0.4 is 10.2 Å². The van der Waals surface area contributed by atoms with Crippen LogP contribution in [-0.4, -0.2) is 35.6 Å². The van der Waals surface area contributed by atoms with Crippen molar-refractivity contribution < 1.29 is 19.5 Å². The van der Waals surface area contributed by atoms with Gasteiger partial charge in [-0.05, 0) is 53.5 Å². The van der Waals surface area contributed by atoms with Gasteiger partial charge in [-0.25, -0.2) is 5.48 Å². The number of hydrogen-bond donors (Lipinski definition) is 2. The van der Waals surface area contributed by atoms with Crippen LogP contribution in [0, 0.1) is 0 Å². The van der Waals surface area contributed by atoms with E-state index in [4.69, 9.17) is 9.94 Å². The predicted octanol–water partition coefficient (Wildman–Crippen LogP) is 2.41. The SMILES string of the molecule is COc1cccc(C(=O)N2CCc3ccc(C=CC(=O)NO)cc3C2)c1. The molecular formula is C20H20N2O4. The zero-order valence-corrected chi connectivity index (χ0v) is 14.4. The number of nitrogens with zero attached hydrogens (tertiary/aromatic N) is 1. The van der Waals surface area contributed by atoms with Crippen molar-refractivity contribution in [2.45, 2.75) is 13.0 Å². The lowest BCUT2D eigenvalue weighted by molar-refractivity contribution is -0.124. The summed E-state index contributed by atoms with van der Waals surface area (Å²) >= 11 is 0. The molecule has 0 saturated heterocycles. The number of nitrogens with one attached hydrogen (secondary N) is 1. The first-order valence-electron chi connectivity index (χ1n) is 8.28. The van der Waals surface area contributed by atoms with Gasteiger partial charge in [0.05, 0.1) is 7.11 Å². The molecule has 134 valence electrons. The molecule has 0 saturated carbocycles. The van der Waals surface area contributed by atoms with E-state index < -0.39 is 5.91 Å². The summed E-state index contributed by atoms with van der Waals surface area (Å²) in [6.07, 6.45) is 3.66. The molecule has 1 heterocycles. The Morgan fingerprint density at radius 2 is 2.04 bits per heavy atom. The molecular weight excluding hydrogens is 332 g/mol. The molecule has 0 unspecified atom stereocenters. The number of fused-ring (bicyclic) bond motifs is 1. The largest absolute Gasteiger partial charge is 0.497 e. The van der Waals surface area contributed by atoms with Gasteiger partial charge in [0.25, 0.3) is 11.8 Å². The van der Waals surface area contributed by atoms with Gasteiger partial charge in [0.2, 0.25) is 0 Å². The maximum absolute atomic E-state index is 12.8. The molecule has 6 nitrogen and oxygen atoms in total. The minimum absolute atomic E-state index is 0.0323. The molecule has 0 fully saturated rings. The van der Waals surface area contributed by atoms with E-state index in [1.54, 1.807) is 36.9 Å². The van der Waals surface area contributed by atoms with Crippen LogP contribution in [0.4, 0.5) is 0 Å². The zero-order chi connectivity index (χ0) is 18.5. The molecule has 26 heavy (non-hydrogen) atoms. The molecule has 0 bridgehead atoms. The lowest BCUT2D eigenvalue weighted by Crippen LogP contribution is -2.36. The second-order valence-corrected chi connectivity index (χ2v) is 6.05. The van der Waals surface area contributed by atoms with Crippen molar-refractivity contribution in [3.05, 3.63) is 70.8 Å². The standard InChI is InChI=1S/C20H20N2O4/c1-26-18-4-2-3-16(12-18)20(24)22-10-9-15-7-5-14(11-17(15)13-22)6-8-19(23)21-25/h2-8,11-12,25H,9-10,13H2,1H3,(H,21,23). The Bertz CT molecular complexity index is 861. The number of hydroxylamine groups is 1. The van der Waals surface area contributed by atoms with Crippen LogP contribution in [0.15, 0.2) is 48.5 Å². The summed E-state index contributed by atoms with van der Waals surface area (Å²) in [7, 11) is 1.58. The average Bonchev–Trinajstić information content (AvgIpc) is 2.70. The van der Waals surface area contributed by atoms with Gasteiger partial charge >= 0.3 is 0 Å². The second-order valence-electron chi connectivity index (χ2n) is 6.05. The summed E-state index contributed by atoms with van der Waals surface area (Å²) in [4.78, 5) is 25.7. The van der Waals surface area contributed by atoms with E-state index in [1.807, 2.05) is 29.2 Å². The fourth-order valence-corrected chi connectivity index (χ4v) is 3.00. The summed E-state index contributed by atoms with van der Waals surface area (Å²) in [6, 6.07) is 13.0. The van der Waals surface area contributed by atoms with Gasteiger partial charge in [0.15, 0.2) is 0 Å². The topological polar surface area (TPSA) is 78.9 Å². The van der Waals surface area contributed by atoms with Crippen molar-refractivity contribution >= 4 is 17.9 Å². The normalized spacial score (nSPS) is 13.4. The highest BCUT2D eigenvalue weighted by Crippen LogP contribution is 2.23. The molecule has 1 aliphatic rings. The van der Waals surface area contributed by atoms with Crippen molar-refractivity contribution in [3.8, 4) is 5.75 Å². The third kappa shape index (κ3) is 3.92. The lowest BCUT2D eigenvalue weighted by atomic mass is 9.96. The molecule has 0 aromatic heterocycles. The third-order valence-electron chi connectivity index (χ3n) is 4.38. The van der Waals surface area contributed by atoms with Gasteiger partial charge in [0, 0.05) is 24.7 Å². The van der Waals surface area contributed by atoms with Crippen molar-refractivity contribution in [1.82, 2.24) is 10.4 Å². The second kappa shape index (κ2) is 7.84. The van der Waals surface area contributed by atoms with Crippen LogP contribution in [0.3, 0.4) is 0 Å². The molecule has 0 spiro atoms. The molecule has 1 aliphatic heterocycles. The number of hydrogen-bond acceptors (Lipinski definition) is 4. The maximum atomic E-state index is 12.8. The highest BCUT2D eigenvalue weighted by Gasteiger charge is 2.22. The molecule has 0 radical (unpaired) electrons. The highest BCUT2D eigenvalue weighted by molar-refractivity contribution is 5.94. The molecule has 6 heteroatoms. The van der Waals surface area contributed by atoms with Gasteiger partial charge in [-0.3, -0.25) is 14.8 Å². The Labute approximate surface area is 151 Å². The van der Waals surface area contributed by atoms with Crippen molar-refractivity contribution in [2.75, 3.05) is 13.7 Å². The van der Waals surface area contributed by atoms with E-state index in [9.17, 15) is 9.59 Å². The van der Waals surface area contributed by atoms with Crippen molar-refractivity contribution in [1.29, 1.82) is 0 Å². The molecule has 2 aromatic carbocycles. The lowest BCUT2D eigenvalue weighted by Gasteiger charge is -2.29. The van der Waals surface area contributed by atoms with E-state index in [-0.39, 0.29) is 5.91 Å². The van der Waals surface area contributed by atoms with E-state index in [0.29, 0.717) is 24.4 Å². The van der Waals surface area contributed by atoms with E-state index in [1.165, 1.54) is 11.6 Å². The predicted molar refractivity (Wildman–Crippen MR) is 96.8 cm³/mol. The molecule has 0 atom stereocenters. The molecule has 2 N–H and O–H groups in total. The fourth-order valence-electron chi connectivity index (χ4n) is 3.00. The first kappa shape index (κ1) is 17.7. The van der Waals surface area contributed by atoms with E-state index in [2.05, 4.69) is 0 Å². The van der Waals surface area contributed by atoms with Crippen molar-refractivity contribution in [3.63, 3.8) is 0 Å². The van der Waals surface area contributed by atoms with Crippen molar-refractivity contribution in [2.24, 2.45) is 0 Å². The van der Waals surface area contributed by atoms with E-state index in [0.717, 1.165) is 17.5 Å². The smallest absolute Gasteiger partial charge is 0.267 e. The third-order valence-corrected chi connectivity index (χ3v) is 4.38. The van der Waals surface area contributed by atoms with Gasteiger partial charge in [0.1, 0.15) is 5.75 Å². The highest BCUT2D eigenvalue weighted by atomic mass is 16.5. The number of ether oxygens (including phenoxy) is 1. The molecule has 2 amide bonds. The van der Waals surface area contributed by atoms with Gasteiger partial charge < -0.3 is 9.64 Å². The Morgan fingerprint density at radius 3 is 2.81 bits per heavy atom. The van der Waals surface area contributed by atoms with Crippen LogP contribution in [0.5, 0.6) is 5.75 Å². The Kier molecular flexibility index (Phi) is 5.34. The van der Waals surface area contributed by atoms with Gasteiger partial charge in [-0.15, -0.1) is 0 Å². The van der Waals surface area contributed by atoms with Crippen LogP contribution in [0.1, 0.15) is 27.0 Å². The Balaban J connectivity index is 1.78. The number of rotatable bonds is 4. The van der Waals surface area contributed by atoms with E-state index >= 15 is 0 Å². The summed E-state index contributed by atoms with van der Waals surface area (Å²) in [5.41, 5.74) is 5.25. The molecule has 3 rings (SSSR count). The molecule has 2 aromatic rings. The van der Waals surface area contributed by atoms with Gasteiger partial charge in [-0.2, -0.15) is 0 Å². The molecule has 0 aliphatic carbocycles. The Hall–Kier alpha value is -3.12. The quantitative estimate of drug-likeness (QED) is 0.503. The average molecular weight is 352 g/mol.